The maximum Gasteiger partial charge on any atom is 0.497 e. The van der Waals surface area contributed by atoms with Gasteiger partial charge in [0.2, 0.25) is 0 Å². The molecule has 0 saturated carbocycles. The highest BCUT2D eigenvalue weighted by Crippen LogP contribution is 2.21. The molecule has 1 amide bonds. The molecule has 0 aromatic heterocycles. The van der Waals surface area contributed by atoms with Crippen LogP contribution in [-0.2, 0) is 8.85 Å². The van der Waals surface area contributed by atoms with E-state index in [0.717, 1.165) is 0 Å². The van der Waals surface area contributed by atoms with E-state index in [1.165, 1.54) is 14.2 Å². The third kappa shape index (κ3) is 4.47. The van der Waals surface area contributed by atoms with E-state index < -0.39 is 55.2 Å². The van der Waals surface area contributed by atoms with E-state index >= 15 is 0 Å². The molecular formula is C12H14F5NO4Si. The number of rotatable bonds is 7. The summed E-state index contributed by atoms with van der Waals surface area (Å²) in [7, 11) is -1.09. The van der Waals surface area contributed by atoms with Crippen LogP contribution in [-0.4, -0.2) is 45.4 Å². The van der Waals surface area contributed by atoms with E-state index in [2.05, 4.69) is 0 Å². The van der Waals surface area contributed by atoms with Crippen molar-refractivity contribution in [3.05, 3.63) is 34.9 Å². The van der Waals surface area contributed by atoms with Crippen molar-refractivity contribution in [3.8, 4) is 0 Å². The molecule has 0 radical (unpaired) electrons. The molecule has 11 heteroatoms. The van der Waals surface area contributed by atoms with E-state index in [1.54, 1.807) is 0 Å². The summed E-state index contributed by atoms with van der Waals surface area (Å²) in [6, 6.07) is -0.0413. The lowest BCUT2D eigenvalue weighted by Crippen LogP contribution is -2.40. The highest BCUT2D eigenvalue weighted by Gasteiger charge is 2.34. The molecule has 0 unspecified atom stereocenters. The van der Waals surface area contributed by atoms with Crippen LogP contribution in [0.3, 0.4) is 0 Å². The molecule has 1 rings (SSSR count). The van der Waals surface area contributed by atoms with Gasteiger partial charge in [0, 0.05) is 20.3 Å². The summed E-state index contributed by atoms with van der Waals surface area (Å²) in [6.45, 7) is -0.624. The maximum atomic E-state index is 13.6. The van der Waals surface area contributed by atoms with E-state index in [9.17, 15) is 31.6 Å². The highest BCUT2D eigenvalue weighted by molar-refractivity contribution is 6.59. The van der Waals surface area contributed by atoms with Gasteiger partial charge in [-0.25, -0.2) is 17.6 Å². The van der Waals surface area contributed by atoms with Gasteiger partial charge in [-0.15, -0.1) is 0 Å². The standard InChI is InChI=1S/C12H14F5NO4Si/c1-21-23(20,22-2)5-3-4-18(17)12(19)7-6-8(13)10(15)11(16)9(7)14/h6,20H,3-5H2,1-2H3. The zero-order valence-corrected chi connectivity index (χ0v) is 13.2. The Morgan fingerprint density at radius 3 is 2.26 bits per heavy atom. The fourth-order valence-corrected chi connectivity index (χ4v) is 2.87. The number of nitrogens with zero attached hydrogens (tertiary/aromatic N) is 1. The summed E-state index contributed by atoms with van der Waals surface area (Å²) in [4.78, 5) is 21.3. The van der Waals surface area contributed by atoms with E-state index in [-0.39, 0.29) is 18.5 Å². The van der Waals surface area contributed by atoms with Crippen molar-refractivity contribution in [2.24, 2.45) is 0 Å². The number of carbonyl (C=O) groups excluding carboxylic acids is 1. The van der Waals surface area contributed by atoms with Gasteiger partial charge in [-0.05, 0) is 12.5 Å². The Hall–Kier alpha value is -1.56. The van der Waals surface area contributed by atoms with Gasteiger partial charge in [-0.2, -0.15) is 5.12 Å². The first kappa shape index (κ1) is 19.5. The predicted molar refractivity (Wildman–Crippen MR) is 69.8 cm³/mol. The molecule has 1 aromatic rings. The van der Waals surface area contributed by atoms with Crippen LogP contribution >= 0.6 is 0 Å². The number of halogens is 5. The number of benzene rings is 1. The average molecular weight is 359 g/mol. The minimum absolute atomic E-state index is 0.0675. The fourth-order valence-electron chi connectivity index (χ4n) is 1.69. The van der Waals surface area contributed by atoms with E-state index in [4.69, 9.17) is 8.85 Å². The largest absolute Gasteiger partial charge is 0.497 e. The molecule has 0 aliphatic carbocycles. The Labute approximate surface area is 129 Å². The maximum absolute atomic E-state index is 13.6. The van der Waals surface area contributed by atoms with Crippen LogP contribution in [0, 0.1) is 23.3 Å². The van der Waals surface area contributed by atoms with Crippen molar-refractivity contribution in [2.45, 2.75) is 12.5 Å². The van der Waals surface area contributed by atoms with Crippen LogP contribution in [0.1, 0.15) is 16.8 Å². The molecule has 0 aliphatic heterocycles. The molecule has 0 atom stereocenters. The first-order chi connectivity index (χ1) is 10.7. The van der Waals surface area contributed by atoms with E-state index in [0.29, 0.717) is 0 Å². The summed E-state index contributed by atoms with van der Waals surface area (Å²) in [5.41, 5.74) is -1.28. The topological polar surface area (TPSA) is 59.0 Å². The molecule has 0 fully saturated rings. The van der Waals surface area contributed by atoms with Crippen LogP contribution in [0.5, 0.6) is 0 Å². The monoisotopic (exact) mass is 359 g/mol. The second-order valence-electron chi connectivity index (χ2n) is 4.46. The molecule has 0 heterocycles. The fraction of sp³-hybridized carbons (Fsp3) is 0.417. The van der Waals surface area contributed by atoms with Crippen molar-refractivity contribution in [1.82, 2.24) is 5.12 Å². The lowest BCUT2D eigenvalue weighted by molar-refractivity contribution is 0.0182. The number of amides is 1. The SMILES string of the molecule is CO[Si](O)(CCCN(F)C(=O)c1cc(F)c(F)c(F)c1F)OC. The highest BCUT2D eigenvalue weighted by atomic mass is 28.4. The predicted octanol–water partition coefficient (Wildman–Crippen LogP) is 2.18. The second kappa shape index (κ2) is 7.81. The summed E-state index contributed by atoms with van der Waals surface area (Å²) < 4.78 is 75.3. The van der Waals surface area contributed by atoms with Crippen molar-refractivity contribution in [3.63, 3.8) is 0 Å². The van der Waals surface area contributed by atoms with Crippen LogP contribution in [0.2, 0.25) is 6.04 Å². The van der Waals surface area contributed by atoms with Gasteiger partial charge in [-0.3, -0.25) is 4.79 Å². The van der Waals surface area contributed by atoms with Crippen LogP contribution < -0.4 is 0 Å². The Bertz CT molecular complexity index is 585. The number of hydrogen-bond acceptors (Lipinski definition) is 4. The normalized spacial score (nSPS) is 11.7. The minimum Gasteiger partial charge on any atom is -0.390 e. The lowest BCUT2D eigenvalue weighted by Gasteiger charge is -2.20. The van der Waals surface area contributed by atoms with Crippen LogP contribution in [0.15, 0.2) is 6.07 Å². The molecule has 130 valence electrons. The quantitative estimate of drug-likeness (QED) is 0.267. The molecule has 0 saturated heterocycles. The van der Waals surface area contributed by atoms with Crippen molar-refractivity contribution in [2.75, 3.05) is 20.8 Å². The van der Waals surface area contributed by atoms with Crippen molar-refractivity contribution >= 4 is 14.7 Å². The molecule has 1 N–H and O–H groups in total. The summed E-state index contributed by atoms with van der Waals surface area (Å²) in [5.74, 6) is -9.79. The Kier molecular flexibility index (Phi) is 6.62. The van der Waals surface area contributed by atoms with Gasteiger partial charge in [0.1, 0.15) is 0 Å². The Balaban J connectivity index is 2.79. The third-order valence-corrected chi connectivity index (χ3v) is 5.30. The number of hydrogen-bond donors (Lipinski definition) is 1. The van der Waals surface area contributed by atoms with Gasteiger partial charge < -0.3 is 13.6 Å². The zero-order valence-electron chi connectivity index (χ0n) is 12.2. The molecule has 23 heavy (non-hydrogen) atoms. The summed E-state index contributed by atoms with van der Waals surface area (Å²) >= 11 is 0. The third-order valence-electron chi connectivity index (χ3n) is 3.04. The number of carbonyl (C=O) groups is 1. The molecule has 1 aromatic carbocycles. The van der Waals surface area contributed by atoms with Gasteiger partial charge in [-0.1, -0.05) is 4.48 Å². The first-order valence-corrected chi connectivity index (χ1v) is 8.27. The molecule has 5 nitrogen and oxygen atoms in total. The summed E-state index contributed by atoms with van der Waals surface area (Å²) in [5, 5.41) is -0.505. The van der Waals surface area contributed by atoms with Crippen LogP contribution in [0.4, 0.5) is 22.0 Å². The zero-order chi connectivity index (χ0) is 17.8. The molecule has 0 aliphatic rings. The van der Waals surface area contributed by atoms with Crippen molar-refractivity contribution in [1.29, 1.82) is 0 Å². The van der Waals surface area contributed by atoms with Crippen LogP contribution in [0.25, 0.3) is 0 Å². The van der Waals surface area contributed by atoms with Gasteiger partial charge in [0.25, 0.3) is 5.91 Å². The Morgan fingerprint density at radius 1 is 1.17 bits per heavy atom. The molecular weight excluding hydrogens is 345 g/mol. The smallest absolute Gasteiger partial charge is 0.390 e. The molecule has 0 spiro atoms. The van der Waals surface area contributed by atoms with Crippen molar-refractivity contribution < 1.29 is 40.5 Å². The summed E-state index contributed by atoms with van der Waals surface area (Å²) in [6.07, 6.45) is -0.125. The Morgan fingerprint density at radius 2 is 1.74 bits per heavy atom. The van der Waals surface area contributed by atoms with Gasteiger partial charge in [0.15, 0.2) is 23.3 Å². The first-order valence-electron chi connectivity index (χ1n) is 6.30. The molecule has 0 bridgehead atoms. The minimum atomic E-state index is -3.46. The lowest BCUT2D eigenvalue weighted by atomic mass is 10.1. The van der Waals surface area contributed by atoms with Gasteiger partial charge in [0.05, 0.1) is 12.1 Å². The van der Waals surface area contributed by atoms with E-state index in [1.807, 2.05) is 0 Å². The second-order valence-corrected chi connectivity index (χ2v) is 7.21. The average Bonchev–Trinajstić information content (AvgIpc) is 2.55. The van der Waals surface area contributed by atoms with Gasteiger partial charge >= 0.3 is 8.80 Å².